The Morgan fingerprint density at radius 1 is 0.940 bits per heavy atom. The van der Waals surface area contributed by atoms with Gasteiger partial charge in [-0.1, -0.05) is 67.4 Å². The maximum atomic E-state index is 14.2. The lowest BCUT2D eigenvalue weighted by molar-refractivity contribution is -0.148. The Hall–Kier alpha value is -4.90. The number of imide groups is 1. The second kappa shape index (κ2) is 15.8. The number of rotatable bonds is 15. The number of carbonyl (C=O) groups excluding carboxylic acids is 4. The van der Waals surface area contributed by atoms with Gasteiger partial charge in [0, 0.05) is 24.8 Å². The van der Waals surface area contributed by atoms with Crippen molar-refractivity contribution in [2.75, 3.05) is 24.3 Å². The predicted molar refractivity (Wildman–Crippen MR) is 193 cm³/mol. The standard InChI is InChI=1S/C39H49N5O6/c1-25(2)50-35(45)22-33(29-13-8-7-9-14-29)40-23-30(20-27-16-17-27)44-36(46)39(4,5)43(38(44)48)24-28-18-19-32(34(21-28)49-6)42-37(47)41-31-15-11-10-12-26(31)3/h7-15,18-19,21,25,27,30,33,40H,16-17,20,22-24H2,1-6H3,(H2,41,42,47)/t30-,33-/m0/s1. The fraction of sp³-hybridized carbons (Fsp3) is 0.436. The van der Waals surface area contributed by atoms with Crippen LogP contribution in [0.5, 0.6) is 5.75 Å². The molecule has 1 aliphatic heterocycles. The van der Waals surface area contributed by atoms with Crippen molar-refractivity contribution < 1.29 is 28.7 Å². The van der Waals surface area contributed by atoms with Gasteiger partial charge in [0.2, 0.25) is 0 Å². The third kappa shape index (κ3) is 8.81. The van der Waals surface area contributed by atoms with E-state index in [2.05, 4.69) is 16.0 Å². The van der Waals surface area contributed by atoms with E-state index < -0.39 is 17.6 Å². The zero-order valence-corrected chi connectivity index (χ0v) is 29.8. The van der Waals surface area contributed by atoms with Crippen molar-refractivity contribution in [3.63, 3.8) is 0 Å². The van der Waals surface area contributed by atoms with E-state index in [1.54, 1.807) is 30.9 Å². The van der Waals surface area contributed by atoms with Crippen molar-refractivity contribution in [1.82, 2.24) is 15.1 Å². The van der Waals surface area contributed by atoms with Crippen molar-refractivity contribution in [2.45, 2.75) is 90.6 Å². The normalized spacial score (nSPS) is 16.7. The van der Waals surface area contributed by atoms with Crippen LogP contribution < -0.4 is 20.7 Å². The van der Waals surface area contributed by atoms with Gasteiger partial charge in [0.15, 0.2) is 0 Å². The summed E-state index contributed by atoms with van der Waals surface area (Å²) in [5.41, 5.74) is 2.67. The number of benzene rings is 3. The van der Waals surface area contributed by atoms with Crippen LogP contribution in [0.25, 0.3) is 0 Å². The summed E-state index contributed by atoms with van der Waals surface area (Å²) in [7, 11) is 1.51. The summed E-state index contributed by atoms with van der Waals surface area (Å²) in [6, 6.07) is 21.0. The Balaban J connectivity index is 1.31. The third-order valence-electron chi connectivity index (χ3n) is 9.31. The second-order valence-corrected chi connectivity index (χ2v) is 14.0. The molecule has 0 bridgehead atoms. The van der Waals surface area contributed by atoms with Crippen LogP contribution >= 0.6 is 0 Å². The lowest BCUT2D eigenvalue weighted by Gasteiger charge is -2.29. The first-order valence-electron chi connectivity index (χ1n) is 17.3. The van der Waals surface area contributed by atoms with E-state index in [9.17, 15) is 19.2 Å². The molecule has 2 fully saturated rings. The fourth-order valence-corrected chi connectivity index (χ4v) is 6.33. The molecule has 0 unspecified atom stereocenters. The van der Waals surface area contributed by atoms with E-state index in [0.29, 0.717) is 36.0 Å². The number of hydrogen-bond donors (Lipinski definition) is 3. The van der Waals surface area contributed by atoms with Gasteiger partial charge in [-0.15, -0.1) is 0 Å². The largest absolute Gasteiger partial charge is 0.495 e. The molecule has 2 aliphatic rings. The summed E-state index contributed by atoms with van der Waals surface area (Å²) in [4.78, 5) is 56.8. The van der Waals surface area contributed by atoms with Gasteiger partial charge >= 0.3 is 18.0 Å². The highest BCUT2D eigenvalue weighted by atomic mass is 16.5. The number of hydrogen-bond acceptors (Lipinski definition) is 7. The molecule has 11 nitrogen and oxygen atoms in total. The summed E-state index contributed by atoms with van der Waals surface area (Å²) < 4.78 is 11.1. The minimum Gasteiger partial charge on any atom is -0.495 e. The van der Waals surface area contributed by atoms with Gasteiger partial charge in [-0.2, -0.15) is 0 Å². The van der Waals surface area contributed by atoms with Gasteiger partial charge < -0.3 is 30.3 Å². The van der Waals surface area contributed by atoms with E-state index in [-0.39, 0.29) is 43.0 Å². The van der Waals surface area contributed by atoms with Crippen molar-refractivity contribution in [3.8, 4) is 5.75 Å². The van der Waals surface area contributed by atoms with Crippen molar-refractivity contribution >= 4 is 35.3 Å². The summed E-state index contributed by atoms with van der Waals surface area (Å²) in [6.07, 6.45) is 2.70. The smallest absolute Gasteiger partial charge is 0.328 e. The Bertz CT molecular complexity index is 1690. The van der Waals surface area contributed by atoms with Gasteiger partial charge in [-0.25, -0.2) is 9.59 Å². The molecule has 0 radical (unpaired) electrons. The predicted octanol–water partition coefficient (Wildman–Crippen LogP) is 7.03. The molecule has 1 saturated carbocycles. The van der Waals surface area contributed by atoms with Gasteiger partial charge in [0.1, 0.15) is 11.3 Å². The molecule has 11 heteroatoms. The number of amides is 5. The van der Waals surface area contributed by atoms with E-state index in [4.69, 9.17) is 9.47 Å². The highest BCUT2D eigenvalue weighted by Gasteiger charge is 2.53. The SMILES string of the molecule is COc1cc(CN2C(=O)N([C@H](CN[C@@H](CC(=O)OC(C)C)c3ccccc3)CC3CC3)C(=O)C2(C)C)ccc1NC(=O)Nc1ccccc1C. The number of ether oxygens (including phenoxy) is 2. The Morgan fingerprint density at radius 3 is 2.28 bits per heavy atom. The monoisotopic (exact) mass is 683 g/mol. The Labute approximate surface area is 294 Å². The number of nitrogens with zero attached hydrogens (tertiary/aromatic N) is 2. The fourth-order valence-electron chi connectivity index (χ4n) is 6.33. The highest BCUT2D eigenvalue weighted by molar-refractivity contribution is 6.07. The molecule has 0 spiro atoms. The number of aryl methyl sites for hydroxylation is 1. The summed E-state index contributed by atoms with van der Waals surface area (Å²) in [5, 5.41) is 9.21. The minimum absolute atomic E-state index is 0.123. The number of urea groups is 2. The molecule has 50 heavy (non-hydrogen) atoms. The van der Waals surface area contributed by atoms with Crippen LogP contribution in [-0.4, -0.2) is 65.1 Å². The maximum Gasteiger partial charge on any atom is 0.328 e. The van der Waals surface area contributed by atoms with Gasteiger partial charge in [0.25, 0.3) is 5.91 Å². The van der Waals surface area contributed by atoms with Gasteiger partial charge in [-0.3, -0.25) is 14.5 Å². The Morgan fingerprint density at radius 2 is 1.62 bits per heavy atom. The number of carbonyl (C=O) groups is 4. The molecule has 3 aromatic rings. The number of para-hydroxylation sites is 1. The topological polar surface area (TPSA) is 129 Å². The van der Waals surface area contributed by atoms with Crippen LogP contribution in [0.3, 0.4) is 0 Å². The van der Waals surface area contributed by atoms with Gasteiger partial charge in [0.05, 0.1) is 31.4 Å². The average molecular weight is 684 g/mol. The molecule has 3 aromatic carbocycles. The molecule has 1 heterocycles. The molecule has 0 aromatic heterocycles. The first-order valence-corrected chi connectivity index (χ1v) is 17.3. The number of nitrogens with one attached hydrogen (secondary N) is 3. The maximum absolute atomic E-state index is 14.2. The molecule has 5 amide bonds. The van der Waals surface area contributed by atoms with Gasteiger partial charge in [-0.05, 0) is 81.8 Å². The first-order chi connectivity index (χ1) is 23.9. The molecular weight excluding hydrogens is 634 g/mol. The molecule has 266 valence electrons. The van der Waals surface area contributed by atoms with Crippen molar-refractivity contribution in [1.29, 1.82) is 0 Å². The number of methoxy groups -OCH3 is 1. The quantitative estimate of drug-likeness (QED) is 0.116. The van der Waals surface area contributed by atoms with Crippen LogP contribution in [0.2, 0.25) is 0 Å². The average Bonchev–Trinajstić information content (AvgIpc) is 3.88. The molecular formula is C39H49N5O6. The van der Waals surface area contributed by atoms with Crippen molar-refractivity contribution in [3.05, 3.63) is 89.5 Å². The molecule has 3 N–H and O–H groups in total. The molecule has 1 aliphatic carbocycles. The van der Waals surface area contributed by atoms with Crippen molar-refractivity contribution in [2.24, 2.45) is 5.92 Å². The molecule has 2 atom stereocenters. The number of anilines is 2. The third-order valence-corrected chi connectivity index (χ3v) is 9.31. The van der Waals surface area contributed by atoms with E-state index in [1.807, 2.05) is 81.4 Å². The zero-order chi connectivity index (χ0) is 36.0. The van der Waals surface area contributed by atoms with Crippen LogP contribution in [0.1, 0.15) is 76.1 Å². The Kier molecular flexibility index (Phi) is 11.5. The first kappa shape index (κ1) is 36.4. The molecule has 1 saturated heterocycles. The molecule has 5 rings (SSSR count). The highest BCUT2D eigenvalue weighted by Crippen LogP contribution is 2.39. The van der Waals surface area contributed by atoms with E-state index >= 15 is 0 Å². The summed E-state index contributed by atoms with van der Waals surface area (Å²) in [5.74, 6) is 0.287. The zero-order valence-electron chi connectivity index (χ0n) is 29.8. The van der Waals surface area contributed by atoms with E-state index in [0.717, 1.165) is 29.5 Å². The van der Waals surface area contributed by atoms with Crippen LogP contribution in [0.4, 0.5) is 21.0 Å². The lowest BCUT2D eigenvalue weighted by Crippen LogP contribution is -2.48. The summed E-state index contributed by atoms with van der Waals surface area (Å²) in [6.45, 7) is 9.60. The van der Waals surface area contributed by atoms with E-state index in [1.165, 1.54) is 12.0 Å². The van der Waals surface area contributed by atoms with Crippen LogP contribution in [0.15, 0.2) is 72.8 Å². The minimum atomic E-state index is -1.10. The summed E-state index contributed by atoms with van der Waals surface area (Å²) >= 11 is 0. The second-order valence-electron chi connectivity index (χ2n) is 14.0. The van der Waals surface area contributed by atoms with Crippen LogP contribution in [0, 0.1) is 12.8 Å². The lowest BCUT2D eigenvalue weighted by atomic mass is 10.0. The van der Waals surface area contributed by atoms with Crippen LogP contribution in [-0.2, 0) is 20.9 Å². The number of esters is 1.